The van der Waals surface area contributed by atoms with Gasteiger partial charge in [0.25, 0.3) is 0 Å². The third-order valence-corrected chi connectivity index (χ3v) is 4.64. The highest BCUT2D eigenvalue weighted by atomic mass is 28.2. The fourth-order valence-electron chi connectivity index (χ4n) is 2.01. The van der Waals surface area contributed by atoms with Crippen LogP contribution in [0.2, 0.25) is 0 Å². The van der Waals surface area contributed by atoms with Crippen LogP contribution < -0.4 is 10.4 Å². The molecular formula is C12H9Si. The van der Waals surface area contributed by atoms with Crippen LogP contribution in [0.1, 0.15) is 0 Å². The van der Waals surface area contributed by atoms with Crippen LogP contribution in [0.4, 0.5) is 0 Å². The van der Waals surface area contributed by atoms with E-state index < -0.39 is 0 Å². The first-order valence-corrected chi connectivity index (χ1v) is 5.94. The minimum atomic E-state index is -0.180. The summed E-state index contributed by atoms with van der Waals surface area (Å²) in [5.74, 6) is 0. The summed E-state index contributed by atoms with van der Waals surface area (Å²) in [6.07, 6.45) is 0. The van der Waals surface area contributed by atoms with Crippen molar-refractivity contribution in [3.05, 3.63) is 48.5 Å². The van der Waals surface area contributed by atoms with Crippen LogP contribution in [0, 0.1) is 6.07 Å². The minimum Gasteiger partial charge on any atom is -0.0627 e. The van der Waals surface area contributed by atoms with Crippen LogP contribution >= 0.6 is 0 Å². The average Bonchev–Trinajstić information content (AvgIpc) is 2.56. The number of rotatable bonds is 0. The first-order valence-electron chi connectivity index (χ1n) is 4.52. The third kappa shape index (κ3) is 0.973. The molecule has 1 heteroatoms. The highest BCUT2D eigenvalue weighted by Crippen LogP contribution is 2.18. The van der Waals surface area contributed by atoms with Gasteiger partial charge in [0.15, 0.2) is 0 Å². The highest BCUT2D eigenvalue weighted by molar-refractivity contribution is 6.73. The minimum absolute atomic E-state index is 0.180. The van der Waals surface area contributed by atoms with Crippen LogP contribution in [-0.4, -0.2) is 9.52 Å². The number of hydrogen-bond donors (Lipinski definition) is 0. The Morgan fingerprint density at radius 1 is 0.923 bits per heavy atom. The second-order valence-electron chi connectivity index (χ2n) is 3.42. The van der Waals surface area contributed by atoms with Crippen molar-refractivity contribution >= 4 is 19.9 Å². The highest BCUT2D eigenvalue weighted by Gasteiger charge is 2.16. The van der Waals surface area contributed by atoms with E-state index >= 15 is 0 Å². The van der Waals surface area contributed by atoms with Crippen LogP contribution in [0.15, 0.2) is 42.5 Å². The van der Waals surface area contributed by atoms with Crippen molar-refractivity contribution in [1.82, 2.24) is 0 Å². The monoisotopic (exact) mass is 181 g/mol. The van der Waals surface area contributed by atoms with E-state index in [2.05, 4.69) is 42.5 Å². The maximum absolute atomic E-state index is 3.16. The van der Waals surface area contributed by atoms with Crippen LogP contribution in [-0.2, 0) is 0 Å². The topological polar surface area (TPSA) is 0 Å². The van der Waals surface area contributed by atoms with Crippen molar-refractivity contribution < 1.29 is 0 Å². The molecule has 0 bridgehead atoms. The maximum atomic E-state index is 3.16. The molecule has 61 valence electrons. The fourth-order valence-corrected chi connectivity index (χ4v) is 3.89. The van der Waals surface area contributed by atoms with Gasteiger partial charge in [-0.05, 0) is 23.3 Å². The lowest BCUT2D eigenvalue weighted by atomic mass is 10.1. The molecule has 1 radical (unpaired) electrons. The summed E-state index contributed by atoms with van der Waals surface area (Å²) < 4.78 is 0. The Morgan fingerprint density at radius 3 is 2.77 bits per heavy atom. The summed E-state index contributed by atoms with van der Waals surface area (Å²) in [5.41, 5.74) is 2.87. The molecule has 0 amide bonds. The van der Waals surface area contributed by atoms with Gasteiger partial charge in [0.2, 0.25) is 0 Å². The van der Waals surface area contributed by atoms with Gasteiger partial charge >= 0.3 is 0 Å². The zero-order chi connectivity index (χ0) is 8.67. The SMILES string of the molecule is [c]1ccc2c(c1)-c1ccccc1[SiH2]2. The zero-order valence-electron chi connectivity index (χ0n) is 7.25. The second-order valence-corrected chi connectivity index (χ2v) is 5.29. The predicted octanol–water partition coefficient (Wildman–Crippen LogP) is 0.587. The van der Waals surface area contributed by atoms with Crippen molar-refractivity contribution in [3.8, 4) is 11.1 Å². The Balaban J connectivity index is 2.32. The van der Waals surface area contributed by atoms with Gasteiger partial charge in [-0.2, -0.15) is 0 Å². The number of hydrogen-bond acceptors (Lipinski definition) is 0. The Labute approximate surface area is 80.1 Å². The lowest BCUT2D eigenvalue weighted by Gasteiger charge is -1.98. The van der Waals surface area contributed by atoms with Gasteiger partial charge in [-0.15, -0.1) is 0 Å². The molecule has 0 aromatic heterocycles. The third-order valence-electron chi connectivity index (χ3n) is 2.64. The van der Waals surface area contributed by atoms with Gasteiger partial charge < -0.3 is 0 Å². The largest absolute Gasteiger partial charge is 0.0891 e. The molecule has 0 unspecified atom stereocenters. The van der Waals surface area contributed by atoms with E-state index in [1.807, 2.05) is 6.07 Å². The molecule has 0 atom stereocenters. The van der Waals surface area contributed by atoms with Gasteiger partial charge in [-0.1, -0.05) is 46.8 Å². The molecule has 0 saturated heterocycles. The van der Waals surface area contributed by atoms with Crippen molar-refractivity contribution in [1.29, 1.82) is 0 Å². The van der Waals surface area contributed by atoms with Gasteiger partial charge in [0.05, 0.1) is 9.52 Å². The molecule has 0 aliphatic carbocycles. The predicted molar refractivity (Wildman–Crippen MR) is 58.5 cm³/mol. The molecule has 0 spiro atoms. The standard InChI is InChI=1S/C12H9Si/c1-3-7-11-9(5-1)10-6-2-4-8-12(10)13-11/h1,3-8H,13H2. The molecule has 2 aromatic rings. The summed E-state index contributed by atoms with van der Waals surface area (Å²) in [5, 5.41) is 3.15. The van der Waals surface area contributed by atoms with Crippen molar-refractivity contribution in [2.24, 2.45) is 0 Å². The van der Waals surface area contributed by atoms with Crippen molar-refractivity contribution in [3.63, 3.8) is 0 Å². The van der Waals surface area contributed by atoms with Gasteiger partial charge in [-0.3, -0.25) is 0 Å². The Hall–Kier alpha value is -1.34. The van der Waals surface area contributed by atoms with Crippen LogP contribution in [0.5, 0.6) is 0 Å². The smallest absolute Gasteiger partial charge is 0.0627 e. The molecule has 0 N–H and O–H groups in total. The van der Waals surface area contributed by atoms with Gasteiger partial charge in [0, 0.05) is 0 Å². The summed E-state index contributed by atoms with van der Waals surface area (Å²) >= 11 is 0. The molecule has 3 rings (SSSR count). The van der Waals surface area contributed by atoms with E-state index in [1.54, 1.807) is 10.4 Å². The van der Waals surface area contributed by atoms with Crippen LogP contribution in [0.25, 0.3) is 11.1 Å². The van der Waals surface area contributed by atoms with E-state index in [0.29, 0.717) is 0 Å². The van der Waals surface area contributed by atoms with Crippen LogP contribution in [0.3, 0.4) is 0 Å². The molecule has 0 fully saturated rings. The van der Waals surface area contributed by atoms with E-state index in [1.165, 1.54) is 11.1 Å². The Morgan fingerprint density at radius 2 is 1.77 bits per heavy atom. The number of benzene rings is 2. The summed E-state index contributed by atoms with van der Waals surface area (Å²) in [6, 6.07) is 18.3. The molecular weight excluding hydrogens is 172 g/mol. The first kappa shape index (κ1) is 7.10. The maximum Gasteiger partial charge on any atom is 0.0891 e. The lowest BCUT2D eigenvalue weighted by molar-refractivity contribution is 1.70. The second kappa shape index (κ2) is 2.57. The quantitative estimate of drug-likeness (QED) is 0.445. The molecule has 1 aliphatic heterocycles. The fraction of sp³-hybridized carbons (Fsp3) is 0. The van der Waals surface area contributed by atoms with Gasteiger partial charge in [0.1, 0.15) is 0 Å². The van der Waals surface area contributed by atoms with Crippen molar-refractivity contribution in [2.45, 2.75) is 0 Å². The summed E-state index contributed by atoms with van der Waals surface area (Å²) in [4.78, 5) is 0. The van der Waals surface area contributed by atoms with E-state index in [0.717, 1.165) is 0 Å². The lowest BCUT2D eigenvalue weighted by Crippen LogP contribution is -2.20. The molecule has 1 aliphatic rings. The summed E-state index contributed by atoms with van der Waals surface area (Å²) in [6.45, 7) is 0. The summed E-state index contributed by atoms with van der Waals surface area (Å²) in [7, 11) is -0.180. The average molecular weight is 181 g/mol. The van der Waals surface area contributed by atoms with E-state index in [4.69, 9.17) is 0 Å². The Bertz CT molecular complexity index is 417. The normalized spacial score (nSPS) is 12.3. The molecule has 13 heavy (non-hydrogen) atoms. The van der Waals surface area contributed by atoms with E-state index in [-0.39, 0.29) is 9.52 Å². The molecule has 0 nitrogen and oxygen atoms in total. The molecule has 2 aromatic carbocycles. The van der Waals surface area contributed by atoms with Crippen molar-refractivity contribution in [2.75, 3.05) is 0 Å². The molecule has 1 heterocycles. The number of fused-ring (bicyclic) bond motifs is 3. The van der Waals surface area contributed by atoms with Gasteiger partial charge in [-0.25, -0.2) is 0 Å². The van der Waals surface area contributed by atoms with E-state index in [9.17, 15) is 0 Å². The Kier molecular flexibility index (Phi) is 1.40. The molecule has 0 saturated carbocycles. The first-order chi connectivity index (χ1) is 6.45. The zero-order valence-corrected chi connectivity index (χ0v) is 8.66.